The van der Waals surface area contributed by atoms with Crippen molar-refractivity contribution in [2.45, 2.75) is 24.8 Å². The molecule has 0 fully saturated rings. The van der Waals surface area contributed by atoms with Gasteiger partial charge in [-0.05, 0) is 30.7 Å². The minimum Gasteiger partial charge on any atom is -0.313 e. The highest BCUT2D eigenvalue weighted by Gasteiger charge is 2.15. The van der Waals surface area contributed by atoms with Crippen molar-refractivity contribution in [3.05, 3.63) is 42.1 Å². The zero-order valence-electron chi connectivity index (χ0n) is 12.2. The first-order chi connectivity index (χ1) is 10.0. The fourth-order valence-electron chi connectivity index (χ4n) is 1.90. The van der Waals surface area contributed by atoms with E-state index in [0.29, 0.717) is 12.4 Å². The summed E-state index contributed by atoms with van der Waals surface area (Å²) in [7, 11) is -1.87. The molecule has 0 aliphatic rings. The van der Waals surface area contributed by atoms with E-state index in [1.807, 2.05) is 6.07 Å². The third-order valence-electron chi connectivity index (χ3n) is 2.92. The van der Waals surface area contributed by atoms with Crippen LogP contribution in [0.25, 0.3) is 0 Å². The van der Waals surface area contributed by atoms with Crippen LogP contribution in [0.5, 0.6) is 0 Å². The van der Waals surface area contributed by atoms with Crippen LogP contribution in [0, 0.1) is 0 Å². The summed E-state index contributed by atoms with van der Waals surface area (Å²) in [6, 6.07) is 8.52. The second-order valence-electron chi connectivity index (χ2n) is 4.80. The van der Waals surface area contributed by atoms with E-state index >= 15 is 0 Å². The Morgan fingerprint density at radius 2 is 2.10 bits per heavy atom. The van der Waals surface area contributed by atoms with Crippen LogP contribution >= 0.6 is 0 Å². The summed E-state index contributed by atoms with van der Waals surface area (Å²) in [6.45, 7) is 3.65. The summed E-state index contributed by atoms with van der Waals surface area (Å²) in [5.74, 6) is 0.312. The molecule has 1 heterocycles. The molecular weight excluding hydrogens is 288 g/mol. The van der Waals surface area contributed by atoms with Gasteiger partial charge >= 0.3 is 0 Å². The Labute approximate surface area is 125 Å². The summed E-state index contributed by atoms with van der Waals surface area (Å²) >= 11 is 0. The minimum absolute atomic E-state index is 0.240. The molecule has 0 spiro atoms. The third kappa shape index (κ3) is 4.30. The fraction of sp³-hybridized carbons (Fsp3) is 0.357. The van der Waals surface area contributed by atoms with Crippen LogP contribution in [0.1, 0.15) is 18.9 Å². The fourth-order valence-corrected chi connectivity index (χ4v) is 2.96. The molecule has 0 atom stereocenters. The third-order valence-corrected chi connectivity index (χ3v) is 4.27. The Morgan fingerprint density at radius 3 is 2.76 bits per heavy atom. The highest BCUT2D eigenvalue weighted by molar-refractivity contribution is 7.92. The van der Waals surface area contributed by atoms with Gasteiger partial charge in [0.2, 0.25) is 0 Å². The van der Waals surface area contributed by atoms with Crippen LogP contribution in [-0.2, 0) is 23.6 Å². The molecule has 6 nitrogen and oxygen atoms in total. The Balaban J connectivity index is 2.14. The molecular formula is C14H20N4O2S. The zero-order valence-corrected chi connectivity index (χ0v) is 13.0. The van der Waals surface area contributed by atoms with Gasteiger partial charge in [0.1, 0.15) is 0 Å². The normalized spacial score (nSPS) is 11.5. The number of hydrogen-bond acceptors (Lipinski definition) is 4. The van der Waals surface area contributed by atoms with Gasteiger partial charge in [0, 0.05) is 25.9 Å². The van der Waals surface area contributed by atoms with Crippen LogP contribution in [0.15, 0.2) is 41.4 Å². The van der Waals surface area contributed by atoms with Gasteiger partial charge in [-0.15, -0.1) is 0 Å². The lowest BCUT2D eigenvalue weighted by Gasteiger charge is -2.08. The van der Waals surface area contributed by atoms with Crippen LogP contribution in [0.3, 0.4) is 0 Å². The van der Waals surface area contributed by atoms with Gasteiger partial charge < -0.3 is 5.32 Å². The summed E-state index contributed by atoms with van der Waals surface area (Å²) in [5.41, 5.74) is 0.937. The molecule has 0 aliphatic carbocycles. The Morgan fingerprint density at radius 1 is 1.29 bits per heavy atom. The standard InChI is InChI=1S/C14H20N4O2S/c1-3-8-15-11-12-5-4-6-13(10-12)21(19,20)17-14-7-9-18(2)16-14/h4-7,9-10,15H,3,8,11H2,1-2H3,(H,16,17). The lowest BCUT2D eigenvalue weighted by Crippen LogP contribution is -2.16. The largest absolute Gasteiger partial charge is 0.313 e. The van der Waals surface area contributed by atoms with Gasteiger partial charge in [-0.3, -0.25) is 9.40 Å². The number of anilines is 1. The smallest absolute Gasteiger partial charge is 0.263 e. The Hall–Kier alpha value is -1.86. The number of hydrogen-bond donors (Lipinski definition) is 2. The van der Waals surface area contributed by atoms with Crippen molar-refractivity contribution in [3.63, 3.8) is 0 Å². The number of benzene rings is 1. The van der Waals surface area contributed by atoms with Gasteiger partial charge in [-0.2, -0.15) is 5.10 Å². The van der Waals surface area contributed by atoms with E-state index in [2.05, 4.69) is 22.1 Å². The summed E-state index contributed by atoms with van der Waals surface area (Å²) in [6.07, 6.45) is 2.72. The van der Waals surface area contributed by atoms with Crippen molar-refractivity contribution >= 4 is 15.8 Å². The predicted molar refractivity (Wildman–Crippen MR) is 82.5 cm³/mol. The van der Waals surface area contributed by atoms with E-state index in [-0.39, 0.29) is 4.90 Å². The van der Waals surface area contributed by atoms with Gasteiger partial charge in [0.15, 0.2) is 5.82 Å². The highest BCUT2D eigenvalue weighted by Crippen LogP contribution is 2.15. The lowest BCUT2D eigenvalue weighted by atomic mass is 10.2. The second kappa shape index (κ2) is 6.73. The molecule has 0 radical (unpaired) electrons. The van der Waals surface area contributed by atoms with Gasteiger partial charge in [-0.25, -0.2) is 8.42 Å². The first kappa shape index (κ1) is 15.5. The van der Waals surface area contributed by atoms with Gasteiger partial charge in [-0.1, -0.05) is 19.1 Å². The van der Waals surface area contributed by atoms with Crippen molar-refractivity contribution in [2.75, 3.05) is 11.3 Å². The monoisotopic (exact) mass is 308 g/mol. The molecule has 0 amide bonds. The molecule has 2 N–H and O–H groups in total. The van der Waals surface area contributed by atoms with Crippen molar-refractivity contribution in [1.82, 2.24) is 15.1 Å². The summed E-state index contributed by atoms with van der Waals surface area (Å²) < 4.78 is 28.6. The molecule has 21 heavy (non-hydrogen) atoms. The van der Waals surface area contributed by atoms with Crippen molar-refractivity contribution in [2.24, 2.45) is 7.05 Å². The first-order valence-electron chi connectivity index (χ1n) is 6.83. The summed E-state index contributed by atoms with van der Waals surface area (Å²) in [5, 5.41) is 7.27. The van der Waals surface area contributed by atoms with E-state index in [9.17, 15) is 8.42 Å². The molecule has 0 saturated carbocycles. The average Bonchev–Trinajstić information content (AvgIpc) is 2.84. The molecule has 1 aromatic carbocycles. The molecule has 2 aromatic rings. The van der Waals surface area contributed by atoms with Gasteiger partial charge in [0.05, 0.1) is 4.90 Å². The van der Waals surface area contributed by atoms with Crippen LogP contribution < -0.4 is 10.0 Å². The molecule has 0 saturated heterocycles. The van der Waals surface area contributed by atoms with Crippen molar-refractivity contribution in [1.29, 1.82) is 0 Å². The van der Waals surface area contributed by atoms with Crippen LogP contribution in [0.4, 0.5) is 5.82 Å². The maximum atomic E-state index is 12.3. The highest BCUT2D eigenvalue weighted by atomic mass is 32.2. The van der Waals surface area contributed by atoms with Gasteiger partial charge in [0.25, 0.3) is 10.0 Å². The number of aryl methyl sites for hydroxylation is 1. The number of sulfonamides is 1. The van der Waals surface area contributed by atoms with E-state index in [1.54, 1.807) is 42.2 Å². The Bertz CT molecular complexity index is 695. The SMILES string of the molecule is CCCNCc1cccc(S(=O)(=O)Nc2ccn(C)n2)c1. The number of aromatic nitrogens is 2. The topological polar surface area (TPSA) is 76.0 Å². The van der Waals surface area contributed by atoms with E-state index in [1.165, 1.54) is 0 Å². The van der Waals surface area contributed by atoms with Crippen LogP contribution in [0.2, 0.25) is 0 Å². The number of rotatable bonds is 7. The van der Waals surface area contributed by atoms with E-state index in [0.717, 1.165) is 18.5 Å². The van der Waals surface area contributed by atoms with E-state index in [4.69, 9.17) is 0 Å². The quantitative estimate of drug-likeness (QED) is 0.764. The maximum Gasteiger partial charge on any atom is 0.263 e. The molecule has 1 aromatic heterocycles. The molecule has 114 valence electrons. The van der Waals surface area contributed by atoms with Crippen LogP contribution in [-0.4, -0.2) is 24.7 Å². The second-order valence-corrected chi connectivity index (χ2v) is 6.49. The number of nitrogens with one attached hydrogen (secondary N) is 2. The van der Waals surface area contributed by atoms with E-state index < -0.39 is 10.0 Å². The molecule has 7 heteroatoms. The molecule has 0 aliphatic heterocycles. The minimum atomic E-state index is -3.61. The molecule has 0 unspecified atom stereocenters. The maximum absolute atomic E-state index is 12.3. The Kier molecular flexibility index (Phi) is 4.98. The molecule has 0 bridgehead atoms. The first-order valence-corrected chi connectivity index (χ1v) is 8.31. The lowest BCUT2D eigenvalue weighted by molar-refractivity contribution is 0.600. The predicted octanol–water partition coefficient (Wildman–Crippen LogP) is 1.72. The average molecular weight is 308 g/mol. The zero-order chi connectivity index (χ0) is 15.3. The number of nitrogens with zero attached hydrogens (tertiary/aromatic N) is 2. The van der Waals surface area contributed by atoms with Crippen molar-refractivity contribution in [3.8, 4) is 0 Å². The molecule has 2 rings (SSSR count). The summed E-state index contributed by atoms with van der Waals surface area (Å²) in [4.78, 5) is 0.240. The van der Waals surface area contributed by atoms with Crippen molar-refractivity contribution < 1.29 is 8.42 Å².